The molecule has 129 heavy (non-hydrogen) atoms. The van der Waals surface area contributed by atoms with E-state index in [0.29, 0.717) is 192 Å². The quantitative estimate of drug-likeness (QED) is 0.0102. The summed E-state index contributed by atoms with van der Waals surface area (Å²) in [6.45, 7) is 11.5. The molecular weight excluding hydrogens is 1850 g/mol. The maximum Gasteiger partial charge on any atom is 0.319 e. The Morgan fingerprint density at radius 1 is 0.465 bits per heavy atom. The molecule has 3 aliphatic heterocycles. The molecular formula is C91H110Cl6N10O19S3. The van der Waals surface area contributed by atoms with Crippen molar-refractivity contribution in [1.29, 1.82) is 5.26 Å². The molecule has 0 unspecified atom stereocenters. The Bertz CT molecular complexity index is 5180. The number of aliphatic imine (C=N–C) groups is 1. The number of rotatable bonds is 50. The molecule has 38 heteroatoms. The summed E-state index contributed by atoms with van der Waals surface area (Å²) in [6, 6.07) is 44.9. The fourth-order valence-corrected chi connectivity index (χ4v) is 19.6. The van der Waals surface area contributed by atoms with Gasteiger partial charge >= 0.3 is 6.03 Å². The number of carbonyl (C=O) groups excluding carboxylic acids is 3. The lowest BCUT2D eigenvalue weighted by molar-refractivity contribution is -0.118. The number of ether oxygens (including phenoxy) is 10. The van der Waals surface area contributed by atoms with Crippen LogP contribution in [0.2, 0.25) is 30.1 Å². The number of fused-ring (bicyclic) bond motifs is 3. The molecule has 8 aromatic rings. The van der Waals surface area contributed by atoms with Gasteiger partial charge in [-0.1, -0.05) is 118 Å². The summed E-state index contributed by atoms with van der Waals surface area (Å²) in [5.74, 6) is 0.264. The molecule has 0 aromatic heterocycles. The van der Waals surface area contributed by atoms with E-state index in [9.17, 15) is 39.6 Å². The van der Waals surface area contributed by atoms with Gasteiger partial charge in [-0.2, -0.15) is 4.99 Å². The lowest BCUT2D eigenvalue weighted by atomic mass is 9.85. The first kappa shape index (κ1) is 105. The van der Waals surface area contributed by atoms with E-state index >= 15 is 0 Å². The van der Waals surface area contributed by atoms with Crippen molar-refractivity contribution in [2.75, 3.05) is 197 Å². The van der Waals surface area contributed by atoms with Crippen molar-refractivity contribution in [3.05, 3.63) is 243 Å². The van der Waals surface area contributed by atoms with Gasteiger partial charge in [0, 0.05) is 145 Å². The van der Waals surface area contributed by atoms with Crippen LogP contribution in [0.4, 0.5) is 16.2 Å². The molecule has 29 nitrogen and oxygen atoms in total. The highest BCUT2D eigenvalue weighted by atomic mass is 35.5. The largest absolute Gasteiger partial charge is 0.388 e. The Kier molecular flexibility index (Phi) is 44.9. The molecule has 11 rings (SSSR count). The van der Waals surface area contributed by atoms with Gasteiger partial charge in [0.2, 0.25) is 26.1 Å². The van der Waals surface area contributed by atoms with Crippen LogP contribution in [0.1, 0.15) is 92.7 Å². The van der Waals surface area contributed by atoms with Crippen LogP contribution in [0.5, 0.6) is 5.75 Å². The molecule has 3 atom stereocenters. The number of carbonyl (C=O) groups is 2. The number of nitriles is 1. The van der Waals surface area contributed by atoms with Crippen LogP contribution in [0.25, 0.3) is 0 Å². The van der Waals surface area contributed by atoms with Crippen LogP contribution in [0, 0.1) is 11.5 Å². The minimum atomic E-state index is -3.79. The number of halogens is 6. The normalized spacial score (nSPS) is 15.2. The summed E-state index contributed by atoms with van der Waals surface area (Å²) in [7, 11) is -4.98. The first-order valence-electron chi connectivity index (χ1n) is 41.9. The number of amides is 2. The number of isocyanates is 1. The van der Waals surface area contributed by atoms with E-state index in [4.69, 9.17) is 123 Å². The Balaban J connectivity index is 0.000000324. The monoisotopic (exact) mass is 1950 g/mol. The van der Waals surface area contributed by atoms with Crippen LogP contribution in [-0.2, 0) is 108 Å². The SMILES string of the molecule is CN1Cc2c(Cl)cc(Cl)cc2[C@H](c2cccc(S(=O)(=O)CCCOCCOCCOCCCC(=O)Cc3ccc(NC(=O)NCCOCCOCCOCCNS(=O)(=O)c4cccc([C@@H]5CN(C)Cc6c(Cl)cc(Cl)cc65)c4)cc3)c2)C1.CN1Cc2c(Cl)cc(Cl)cc2[C@H](c2cccc(S(=O)(=O)NCCOCCOCCOCCN)c2)C1.N#COc1ccc(N=C=O)cc1. The van der Waals surface area contributed by atoms with E-state index < -0.39 is 29.9 Å². The number of hydrogen-bond acceptors (Lipinski definition) is 25. The lowest BCUT2D eigenvalue weighted by Gasteiger charge is -2.33. The molecule has 0 radical (unpaired) electrons. The van der Waals surface area contributed by atoms with Gasteiger partial charge in [0.1, 0.15) is 11.5 Å². The van der Waals surface area contributed by atoms with E-state index in [-0.39, 0.29) is 109 Å². The smallest absolute Gasteiger partial charge is 0.319 e. The number of likely N-dealkylation sites (N-methyl/N-ethyl adjacent to an activating group) is 3. The summed E-state index contributed by atoms with van der Waals surface area (Å²) >= 11 is 38.5. The van der Waals surface area contributed by atoms with Crippen LogP contribution < -0.4 is 30.5 Å². The van der Waals surface area contributed by atoms with Crippen molar-refractivity contribution in [1.82, 2.24) is 29.5 Å². The first-order valence-corrected chi connectivity index (χ1v) is 48.8. The third kappa shape index (κ3) is 35.4. The molecule has 698 valence electrons. The van der Waals surface area contributed by atoms with Gasteiger partial charge in [0.05, 0.1) is 132 Å². The van der Waals surface area contributed by atoms with Crippen molar-refractivity contribution in [2.45, 2.75) is 77.8 Å². The van der Waals surface area contributed by atoms with Crippen LogP contribution in [-0.4, -0.2) is 249 Å². The number of benzene rings is 8. The molecule has 0 aliphatic carbocycles. The lowest BCUT2D eigenvalue weighted by Crippen LogP contribution is -2.31. The van der Waals surface area contributed by atoms with Crippen molar-refractivity contribution >= 4 is 129 Å². The molecule has 0 fully saturated rings. The average molecular weight is 1960 g/mol. The fraction of sp³-hybridized carbons (Fsp3) is 0.429. The number of hydrogen-bond donors (Lipinski definition) is 5. The summed E-state index contributed by atoms with van der Waals surface area (Å²) in [5.41, 5.74) is 16.0. The number of nitrogens with two attached hydrogens (primary N) is 1. The molecule has 8 aromatic carbocycles. The highest BCUT2D eigenvalue weighted by molar-refractivity contribution is 7.91. The second-order valence-electron chi connectivity index (χ2n) is 30.4. The second-order valence-corrected chi connectivity index (χ2v) is 38.6. The molecule has 2 amide bonds. The van der Waals surface area contributed by atoms with Crippen LogP contribution >= 0.6 is 69.6 Å². The third-order valence-corrected chi connectivity index (χ3v) is 27.0. The van der Waals surface area contributed by atoms with Gasteiger partial charge < -0.3 is 78.4 Å². The average Bonchev–Trinajstić information content (AvgIpc) is 0.780. The van der Waals surface area contributed by atoms with Gasteiger partial charge in [-0.05, 0) is 199 Å². The predicted molar refractivity (Wildman–Crippen MR) is 499 cm³/mol. The summed E-state index contributed by atoms with van der Waals surface area (Å²) < 4.78 is 138. The minimum absolute atomic E-state index is 0.0402. The van der Waals surface area contributed by atoms with Crippen LogP contribution in [0.3, 0.4) is 0 Å². The maximum absolute atomic E-state index is 13.3. The standard InChI is InChI=1S/C59H73Cl4N5O12S2.C24H33Cl2N3O5S.C8H4N2O2/c1-67-38-53(51-34-45(60)36-57(62)55(51)40-67)43-7-3-10-49(32-43)81(71,72)30-6-19-76-23-27-79-26-22-75-18-5-9-48(69)31-42-12-14-47(15-13-42)66-59(70)64-16-20-77-24-28-80-29-25-78-21-17-65-82(73,74)50-11-4-8-44(33-50)54-39-68(2)41-56-52(54)35-46(61)37-58(56)63;1-29-16-22(21-14-19(25)15-24(26)23(21)17-29)18-3-2-4-20(13-18)35(30,31)28-6-8-33-10-12-34-11-9-32-7-5-27;9-5-12-8-3-1-7(2-4-8)10-6-11/h3-4,7-8,10-15,32-37,53-54,65H,5-6,9,16-31,38-41H2,1-2H3,(H2,64,66,70);2-4,13-15,22,28H,5-12,16-17,27H2,1H3;1-4H/t53-,54-;22-;/m00./s1. The Hall–Kier alpha value is -7.64. The zero-order valence-electron chi connectivity index (χ0n) is 72.1. The number of ketones is 1. The Morgan fingerprint density at radius 3 is 1.26 bits per heavy atom. The number of sulfone groups is 1. The van der Waals surface area contributed by atoms with E-state index in [1.807, 2.05) is 57.5 Å². The zero-order valence-corrected chi connectivity index (χ0v) is 79.1. The van der Waals surface area contributed by atoms with Gasteiger partial charge in [0.25, 0.3) is 6.26 Å². The van der Waals surface area contributed by atoms with Crippen molar-refractivity contribution in [3.63, 3.8) is 0 Å². The fourth-order valence-electron chi connectivity index (χ4n) is 14.5. The number of urea groups is 1. The molecule has 3 heterocycles. The maximum atomic E-state index is 13.3. The van der Waals surface area contributed by atoms with Crippen LogP contribution in [0.15, 0.2) is 177 Å². The van der Waals surface area contributed by atoms with Crippen molar-refractivity contribution in [2.24, 2.45) is 10.7 Å². The molecule has 0 bridgehead atoms. The highest BCUT2D eigenvalue weighted by Crippen LogP contribution is 2.43. The molecule has 0 saturated heterocycles. The Labute approximate surface area is 785 Å². The summed E-state index contributed by atoms with van der Waals surface area (Å²) in [6.07, 6.45) is 4.50. The molecule has 0 saturated carbocycles. The number of Topliss-reactive ketones (excluding diaryl/α,β-unsaturated/α-hetero) is 1. The second kappa shape index (κ2) is 55.1. The number of anilines is 1. The summed E-state index contributed by atoms with van der Waals surface area (Å²) in [5, 5.41) is 17.1. The van der Waals surface area contributed by atoms with E-state index in [1.54, 1.807) is 121 Å². The number of nitrogens with zero attached hydrogens (tertiary/aromatic N) is 5. The summed E-state index contributed by atoms with van der Waals surface area (Å²) in [4.78, 5) is 45.3. The minimum Gasteiger partial charge on any atom is -0.388 e. The third-order valence-electron chi connectivity index (χ3n) is 20.6. The van der Waals surface area contributed by atoms with Crippen molar-refractivity contribution < 1.29 is 87.0 Å². The number of nitrogens with one attached hydrogen (secondary N) is 4. The van der Waals surface area contributed by atoms with Gasteiger partial charge in [-0.3, -0.25) is 4.79 Å². The zero-order chi connectivity index (χ0) is 92.6. The van der Waals surface area contributed by atoms with E-state index in [2.05, 4.69) is 44.5 Å². The Morgan fingerprint density at radius 2 is 0.845 bits per heavy atom. The topological polar surface area (TPSA) is 366 Å². The van der Waals surface area contributed by atoms with Crippen molar-refractivity contribution in [3.8, 4) is 12.0 Å². The van der Waals surface area contributed by atoms with E-state index in [1.165, 1.54) is 12.3 Å². The van der Waals surface area contributed by atoms with E-state index in [0.717, 1.165) is 62.2 Å². The molecule has 3 aliphatic rings. The van der Waals surface area contributed by atoms with Gasteiger partial charge in [-0.15, -0.1) is 5.26 Å². The van der Waals surface area contributed by atoms with Gasteiger partial charge in [0.15, 0.2) is 9.84 Å². The highest BCUT2D eigenvalue weighted by Gasteiger charge is 2.32. The van der Waals surface area contributed by atoms with Gasteiger partial charge in [-0.25, -0.2) is 44.3 Å². The number of sulfonamides is 2. The molecule has 0 spiro atoms. The predicted octanol–water partition coefficient (Wildman–Crippen LogP) is 13.8. The molecule has 6 N–H and O–H groups in total. The first-order chi connectivity index (χ1) is 62.1.